The summed E-state index contributed by atoms with van der Waals surface area (Å²) in [6, 6.07) is 0. The molecule has 15 heavy (non-hydrogen) atoms. The predicted octanol–water partition coefficient (Wildman–Crippen LogP) is 4.56. The van der Waals surface area contributed by atoms with Crippen LogP contribution in [-0.2, 0) is 0 Å². The van der Waals surface area contributed by atoms with Crippen LogP contribution in [0, 0.1) is 22.7 Å². The first-order valence-electron chi connectivity index (χ1n) is 6.72. The maximum atomic E-state index is 2.63. The largest absolute Gasteiger partial charge is 0.0816 e. The Balaban J connectivity index is 2.01. The minimum atomic E-state index is 0.578. The van der Waals surface area contributed by atoms with Crippen LogP contribution in [0.1, 0.15) is 59.3 Å². The van der Waals surface area contributed by atoms with Crippen LogP contribution in [0.5, 0.6) is 0 Å². The zero-order chi connectivity index (χ0) is 10.7. The van der Waals surface area contributed by atoms with Crippen molar-refractivity contribution in [2.24, 2.45) is 22.7 Å². The smallest absolute Gasteiger partial charge is 0.00848 e. The highest BCUT2D eigenvalue weighted by Crippen LogP contribution is 2.62. The van der Waals surface area contributed by atoms with E-state index in [1.165, 1.54) is 38.5 Å². The van der Waals surface area contributed by atoms with Gasteiger partial charge in [-0.2, -0.15) is 0 Å². The minimum absolute atomic E-state index is 0.578. The monoisotopic (exact) mass is 204 g/mol. The van der Waals surface area contributed by atoms with Crippen LogP contribution in [0.25, 0.3) is 0 Å². The summed E-state index contributed by atoms with van der Waals surface area (Å²) in [5.41, 5.74) is 2.98. The van der Waals surface area contributed by atoms with Gasteiger partial charge in [0.15, 0.2) is 0 Å². The molecule has 4 atom stereocenters. The van der Waals surface area contributed by atoms with Gasteiger partial charge in [0, 0.05) is 0 Å². The number of fused-ring (bicyclic) bond motifs is 1. The molecule has 2 saturated carbocycles. The zero-order valence-electron chi connectivity index (χ0n) is 10.5. The van der Waals surface area contributed by atoms with Gasteiger partial charge in [0.1, 0.15) is 0 Å². The molecule has 0 heteroatoms. The maximum absolute atomic E-state index is 2.63. The van der Waals surface area contributed by atoms with Crippen LogP contribution in [-0.4, -0.2) is 0 Å². The van der Waals surface area contributed by atoms with Gasteiger partial charge in [0.2, 0.25) is 0 Å². The summed E-state index contributed by atoms with van der Waals surface area (Å²) >= 11 is 0. The average Bonchev–Trinajstić information content (AvgIpc) is 2.36. The molecule has 0 aromatic carbocycles. The molecule has 84 valence electrons. The lowest BCUT2D eigenvalue weighted by Crippen LogP contribution is -2.37. The van der Waals surface area contributed by atoms with E-state index < -0.39 is 0 Å². The van der Waals surface area contributed by atoms with E-state index in [9.17, 15) is 0 Å². The number of hydrogen-bond acceptors (Lipinski definition) is 0. The van der Waals surface area contributed by atoms with Crippen molar-refractivity contribution in [3.63, 3.8) is 0 Å². The average molecular weight is 204 g/mol. The molecular weight excluding hydrogens is 180 g/mol. The van der Waals surface area contributed by atoms with Crippen LogP contribution < -0.4 is 0 Å². The van der Waals surface area contributed by atoms with Gasteiger partial charge in [-0.1, -0.05) is 31.9 Å². The first-order chi connectivity index (χ1) is 7.04. The summed E-state index contributed by atoms with van der Waals surface area (Å²) in [7, 11) is 0. The van der Waals surface area contributed by atoms with Gasteiger partial charge in [-0.3, -0.25) is 0 Å². The lowest BCUT2D eigenvalue weighted by molar-refractivity contribution is 0.0579. The van der Waals surface area contributed by atoms with E-state index >= 15 is 0 Å². The first kappa shape index (κ1) is 9.93. The van der Waals surface area contributed by atoms with Gasteiger partial charge < -0.3 is 0 Å². The van der Waals surface area contributed by atoms with Crippen LogP contribution in [0.3, 0.4) is 0 Å². The summed E-state index contributed by atoms with van der Waals surface area (Å²) in [6.45, 7) is 7.47. The molecule has 2 bridgehead atoms. The van der Waals surface area contributed by atoms with Crippen molar-refractivity contribution in [2.75, 3.05) is 0 Å². The van der Waals surface area contributed by atoms with Crippen molar-refractivity contribution in [3.8, 4) is 0 Å². The van der Waals surface area contributed by atoms with Gasteiger partial charge in [-0.15, -0.1) is 0 Å². The molecule has 0 radical (unpaired) electrons. The van der Waals surface area contributed by atoms with Crippen molar-refractivity contribution in [2.45, 2.75) is 59.3 Å². The molecule has 0 spiro atoms. The molecule has 0 N–H and O–H groups in total. The first-order valence-corrected chi connectivity index (χ1v) is 6.72. The fraction of sp³-hybridized carbons (Fsp3) is 0.867. The molecule has 3 rings (SSSR count). The Kier molecular flexibility index (Phi) is 1.92. The third-order valence-electron chi connectivity index (χ3n) is 5.98. The van der Waals surface area contributed by atoms with Gasteiger partial charge in [0.05, 0.1) is 0 Å². The molecule has 3 aliphatic rings. The number of hydrogen-bond donors (Lipinski definition) is 0. The molecule has 0 amide bonds. The highest BCUT2D eigenvalue weighted by atomic mass is 14.6. The normalized spacial score (nSPS) is 53.7. The molecule has 0 heterocycles. The van der Waals surface area contributed by atoms with Gasteiger partial charge in [-0.05, 0) is 61.7 Å². The van der Waals surface area contributed by atoms with E-state index in [1.54, 1.807) is 5.57 Å². The number of rotatable bonds is 0. The van der Waals surface area contributed by atoms with Crippen LogP contribution in [0.2, 0.25) is 0 Å². The number of allylic oxidation sites excluding steroid dienone is 2. The second-order valence-electron chi connectivity index (χ2n) is 6.94. The highest BCUT2D eigenvalue weighted by Gasteiger charge is 2.52. The van der Waals surface area contributed by atoms with E-state index in [1.807, 2.05) is 0 Å². The molecule has 2 fully saturated rings. The van der Waals surface area contributed by atoms with Crippen molar-refractivity contribution in [1.29, 1.82) is 0 Å². The second kappa shape index (κ2) is 2.90. The Hall–Kier alpha value is -0.260. The molecule has 4 unspecified atom stereocenters. The third-order valence-corrected chi connectivity index (χ3v) is 5.98. The van der Waals surface area contributed by atoms with Crippen molar-refractivity contribution in [1.82, 2.24) is 0 Å². The molecule has 0 aromatic heterocycles. The third kappa shape index (κ3) is 1.26. The Morgan fingerprint density at radius 2 is 2.00 bits per heavy atom. The standard InChI is InChI=1S/C15H24/c1-11-9-12-5-4-6-14(2)7-8-15(11,3)13(12)10-14/h9,12-13H,4-8,10H2,1-3H3. The highest BCUT2D eigenvalue weighted by molar-refractivity contribution is 5.25. The predicted molar refractivity (Wildman–Crippen MR) is 64.7 cm³/mol. The summed E-state index contributed by atoms with van der Waals surface area (Å²) in [5, 5.41) is 0. The van der Waals surface area contributed by atoms with Crippen molar-refractivity contribution >= 4 is 0 Å². The van der Waals surface area contributed by atoms with Crippen molar-refractivity contribution in [3.05, 3.63) is 11.6 Å². The summed E-state index contributed by atoms with van der Waals surface area (Å²) < 4.78 is 0. The fourth-order valence-corrected chi connectivity index (χ4v) is 4.62. The maximum Gasteiger partial charge on any atom is -0.00848 e. The Morgan fingerprint density at radius 3 is 2.80 bits per heavy atom. The van der Waals surface area contributed by atoms with E-state index in [0.717, 1.165) is 11.8 Å². The SMILES string of the molecule is CC1=CC2CCCC3(C)CCC1(C)C2C3. The second-order valence-corrected chi connectivity index (χ2v) is 6.94. The quantitative estimate of drug-likeness (QED) is 0.507. The lowest BCUT2D eigenvalue weighted by atomic mass is 9.58. The molecule has 0 nitrogen and oxygen atoms in total. The molecule has 0 aliphatic heterocycles. The van der Waals surface area contributed by atoms with Gasteiger partial charge >= 0.3 is 0 Å². The Labute approximate surface area is 94.1 Å². The molecule has 0 saturated heterocycles. The fourth-order valence-electron chi connectivity index (χ4n) is 4.62. The van der Waals surface area contributed by atoms with Gasteiger partial charge in [0.25, 0.3) is 0 Å². The molecular formula is C15H24. The topological polar surface area (TPSA) is 0 Å². The van der Waals surface area contributed by atoms with E-state index in [4.69, 9.17) is 0 Å². The minimum Gasteiger partial charge on any atom is -0.0816 e. The molecule has 0 aromatic rings. The van der Waals surface area contributed by atoms with E-state index in [2.05, 4.69) is 26.8 Å². The lowest BCUT2D eigenvalue weighted by Gasteiger charge is -2.47. The summed E-state index contributed by atoms with van der Waals surface area (Å²) in [5.74, 6) is 1.91. The van der Waals surface area contributed by atoms with Crippen LogP contribution in [0.4, 0.5) is 0 Å². The van der Waals surface area contributed by atoms with E-state index in [0.29, 0.717) is 10.8 Å². The van der Waals surface area contributed by atoms with E-state index in [-0.39, 0.29) is 0 Å². The Bertz CT molecular complexity index is 314. The zero-order valence-corrected chi connectivity index (χ0v) is 10.5. The van der Waals surface area contributed by atoms with Gasteiger partial charge in [-0.25, -0.2) is 0 Å². The molecule has 3 aliphatic carbocycles. The summed E-state index contributed by atoms with van der Waals surface area (Å²) in [4.78, 5) is 0. The van der Waals surface area contributed by atoms with Crippen LogP contribution in [0.15, 0.2) is 11.6 Å². The summed E-state index contributed by atoms with van der Waals surface area (Å²) in [6.07, 6.45) is 11.5. The van der Waals surface area contributed by atoms with Crippen molar-refractivity contribution < 1.29 is 0 Å². The Morgan fingerprint density at radius 1 is 1.20 bits per heavy atom. The van der Waals surface area contributed by atoms with Crippen LogP contribution >= 0.6 is 0 Å².